The number of methoxy groups -OCH3 is 1. The SMILES string of the molecule is COc1ccc(-c2nc3ncc(Cl)c(N[C@@H]4[C@H]5C=CC5[C@@H]4C(N)=O)c3[nH]2)cc1. The molecule has 3 aromatic rings. The Labute approximate surface area is 166 Å². The first-order chi connectivity index (χ1) is 13.6. The van der Waals surface area contributed by atoms with Crippen molar-refractivity contribution in [2.45, 2.75) is 6.04 Å². The average molecular weight is 396 g/mol. The van der Waals surface area contributed by atoms with Crippen LogP contribution in [0.2, 0.25) is 5.02 Å². The van der Waals surface area contributed by atoms with E-state index >= 15 is 0 Å². The average Bonchev–Trinajstić information content (AvgIpc) is 3.10. The zero-order chi connectivity index (χ0) is 19.4. The normalized spacial score (nSPS) is 24.9. The van der Waals surface area contributed by atoms with Crippen molar-refractivity contribution in [3.05, 3.63) is 47.6 Å². The van der Waals surface area contributed by atoms with Gasteiger partial charge in [-0.1, -0.05) is 23.8 Å². The lowest BCUT2D eigenvalue weighted by molar-refractivity contribution is -0.129. The number of halogens is 1. The fraction of sp³-hybridized carbons (Fsp3) is 0.250. The number of carbonyl (C=O) groups excluding carboxylic acids is 1. The molecule has 7 nitrogen and oxygen atoms in total. The molecule has 0 radical (unpaired) electrons. The van der Waals surface area contributed by atoms with Crippen LogP contribution in [-0.2, 0) is 4.79 Å². The number of pyridine rings is 1. The third-order valence-electron chi connectivity index (χ3n) is 5.69. The van der Waals surface area contributed by atoms with E-state index in [0.29, 0.717) is 33.6 Å². The van der Waals surface area contributed by atoms with Crippen molar-refractivity contribution in [3.63, 3.8) is 0 Å². The van der Waals surface area contributed by atoms with Crippen LogP contribution in [0.4, 0.5) is 5.69 Å². The Morgan fingerprint density at radius 2 is 2.00 bits per heavy atom. The van der Waals surface area contributed by atoms with Crippen molar-refractivity contribution in [1.82, 2.24) is 15.0 Å². The number of rotatable bonds is 5. The third-order valence-corrected chi connectivity index (χ3v) is 5.98. The van der Waals surface area contributed by atoms with Gasteiger partial charge in [-0.25, -0.2) is 9.97 Å². The van der Waals surface area contributed by atoms with Gasteiger partial charge in [-0.15, -0.1) is 0 Å². The number of anilines is 1. The smallest absolute Gasteiger partial charge is 0.223 e. The summed E-state index contributed by atoms with van der Waals surface area (Å²) >= 11 is 6.43. The van der Waals surface area contributed by atoms with Crippen LogP contribution in [-0.4, -0.2) is 34.0 Å². The van der Waals surface area contributed by atoms with E-state index in [9.17, 15) is 4.79 Å². The summed E-state index contributed by atoms with van der Waals surface area (Å²) in [7, 11) is 1.63. The molecule has 0 saturated heterocycles. The molecule has 1 fully saturated rings. The van der Waals surface area contributed by atoms with Crippen LogP contribution in [0.5, 0.6) is 5.75 Å². The fourth-order valence-corrected chi connectivity index (χ4v) is 4.30. The van der Waals surface area contributed by atoms with Gasteiger partial charge in [0, 0.05) is 17.5 Å². The van der Waals surface area contributed by atoms with E-state index in [4.69, 9.17) is 22.1 Å². The van der Waals surface area contributed by atoms with Gasteiger partial charge >= 0.3 is 0 Å². The van der Waals surface area contributed by atoms with Gasteiger partial charge in [-0.05, 0) is 30.2 Å². The number of primary amides is 1. The molecule has 0 bridgehead atoms. The summed E-state index contributed by atoms with van der Waals surface area (Å²) in [6.45, 7) is 0. The molecule has 2 aliphatic rings. The topological polar surface area (TPSA) is 106 Å². The molecule has 1 amide bonds. The summed E-state index contributed by atoms with van der Waals surface area (Å²) in [4.78, 5) is 24.1. The summed E-state index contributed by atoms with van der Waals surface area (Å²) in [6.07, 6.45) is 5.71. The van der Waals surface area contributed by atoms with Crippen LogP contribution in [0, 0.1) is 17.8 Å². The highest BCUT2D eigenvalue weighted by molar-refractivity contribution is 6.34. The maximum Gasteiger partial charge on any atom is 0.223 e. The molecule has 1 saturated carbocycles. The Morgan fingerprint density at radius 1 is 1.25 bits per heavy atom. The van der Waals surface area contributed by atoms with Gasteiger partial charge in [0.2, 0.25) is 5.91 Å². The minimum Gasteiger partial charge on any atom is -0.497 e. The van der Waals surface area contributed by atoms with Crippen LogP contribution in [0.25, 0.3) is 22.6 Å². The second-order valence-corrected chi connectivity index (χ2v) is 7.54. The highest BCUT2D eigenvalue weighted by Crippen LogP contribution is 2.50. The lowest BCUT2D eigenvalue weighted by Crippen LogP contribution is -2.61. The largest absolute Gasteiger partial charge is 0.497 e. The van der Waals surface area contributed by atoms with Crippen LogP contribution in [0.1, 0.15) is 0 Å². The van der Waals surface area contributed by atoms with E-state index in [-0.39, 0.29) is 23.8 Å². The van der Waals surface area contributed by atoms with Gasteiger partial charge in [0.15, 0.2) is 5.65 Å². The lowest BCUT2D eigenvalue weighted by Gasteiger charge is -2.53. The van der Waals surface area contributed by atoms with E-state index in [2.05, 4.69) is 26.3 Å². The molecule has 2 aliphatic carbocycles. The van der Waals surface area contributed by atoms with Crippen molar-refractivity contribution in [2.24, 2.45) is 23.5 Å². The zero-order valence-electron chi connectivity index (χ0n) is 15.0. The second kappa shape index (κ2) is 6.24. The first kappa shape index (κ1) is 17.1. The molecule has 0 spiro atoms. The number of aromatic amines is 1. The van der Waals surface area contributed by atoms with Crippen molar-refractivity contribution >= 4 is 34.4 Å². The van der Waals surface area contributed by atoms with Gasteiger partial charge < -0.3 is 20.8 Å². The van der Waals surface area contributed by atoms with Crippen LogP contribution in [0.15, 0.2) is 42.6 Å². The highest BCUT2D eigenvalue weighted by atomic mass is 35.5. The fourth-order valence-electron chi connectivity index (χ4n) is 4.10. The number of hydrogen-bond acceptors (Lipinski definition) is 5. The number of aromatic nitrogens is 3. The summed E-state index contributed by atoms with van der Waals surface area (Å²) in [5.74, 6) is 1.43. The quantitative estimate of drug-likeness (QED) is 0.576. The third kappa shape index (κ3) is 2.46. The van der Waals surface area contributed by atoms with Gasteiger partial charge in [0.25, 0.3) is 0 Å². The number of imidazole rings is 1. The molecule has 1 aromatic carbocycles. The molecule has 4 atom stereocenters. The first-order valence-electron chi connectivity index (χ1n) is 8.99. The van der Waals surface area contributed by atoms with Crippen molar-refractivity contribution in [2.75, 3.05) is 12.4 Å². The predicted molar refractivity (Wildman–Crippen MR) is 107 cm³/mol. The van der Waals surface area contributed by atoms with Gasteiger partial charge in [0.1, 0.15) is 17.1 Å². The zero-order valence-corrected chi connectivity index (χ0v) is 15.8. The number of nitrogens with zero attached hydrogens (tertiary/aromatic N) is 2. The molecule has 28 heavy (non-hydrogen) atoms. The van der Waals surface area contributed by atoms with E-state index in [1.807, 2.05) is 30.3 Å². The molecule has 8 heteroatoms. The summed E-state index contributed by atoms with van der Waals surface area (Å²) in [5.41, 5.74) is 8.44. The Balaban J connectivity index is 1.52. The van der Waals surface area contributed by atoms with Crippen LogP contribution in [0.3, 0.4) is 0 Å². The predicted octanol–water partition coefficient (Wildman–Crippen LogP) is 2.98. The number of fused-ring (bicyclic) bond motifs is 2. The minimum absolute atomic E-state index is 0.0802. The number of amides is 1. The Hall–Kier alpha value is -3.06. The maximum absolute atomic E-state index is 11.8. The molecule has 2 aromatic heterocycles. The molecule has 5 rings (SSSR count). The van der Waals surface area contributed by atoms with E-state index in [0.717, 1.165) is 11.3 Å². The standard InChI is InChI=1S/C20H18ClN5O2/c1-28-10-4-2-9(3-5-10)19-25-17-16(13(21)8-23-20(17)26-19)24-15-12-7-6-11(12)14(15)18(22)27/h2-8,11-12,14-15H,1H3,(H2,22,27)(H2,23,24,25,26)/t11?,12-,14-,15+/m0/s1. The molecule has 142 valence electrons. The van der Waals surface area contributed by atoms with Crippen molar-refractivity contribution in [3.8, 4) is 17.1 Å². The Bertz CT molecular complexity index is 1110. The summed E-state index contributed by atoms with van der Waals surface area (Å²) in [6, 6.07) is 7.51. The number of nitrogens with one attached hydrogen (secondary N) is 2. The van der Waals surface area contributed by atoms with Crippen LogP contribution < -0.4 is 15.8 Å². The summed E-state index contributed by atoms with van der Waals surface area (Å²) < 4.78 is 5.20. The molecular weight excluding hydrogens is 378 g/mol. The monoisotopic (exact) mass is 395 g/mol. The Kier molecular flexibility index (Phi) is 3.80. The number of H-pyrrole nitrogens is 1. The van der Waals surface area contributed by atoms with Gasteiger partial charge in [0.05, 0.1) is 29.9 Å². The first-order valence-corrected chi connectivity index (χ1v) is 9.37. The maximum atomic E-state index is 11.8. The summed E-state index contributed by atoms with van der Waals surface area (Å²) in [5, 5.41) is 3.89. The number of allylic oxidation sites excluding steroid dienone is 1. The lowest BCUT2D eigenvalue weighted by atomic mass is 9.54. The molecule has 1 unspecified atom stereocenters. The molecule has 4 N–H and O–H groups in total. The number of nitrogens with two attached hydrogens (primary N) is 1. The van der Waals surface area contributed by atoms with E-state index < -0.39 is 0 Å². The van der Waals surface area contributed by atoms with Crippen molar-refractivity contribution in [1.29, 1.82) is 0 Å². The second-order valence-electron chi connectivity index (χ2n) is 7.13. The highest BCUT2D eigenvalue weighted by Gasteiger charge is 2.54. The Morgan fingerprint density at radius 3 is 2.64 bits per heavy atom. The number of carbonyl (C=O) groups is 1. The minimum atomic E-state index is -0.298. The molecule has 0 aliphatic heterocycles. The van der Waals surface area contributed by atoms with Crippen LogP contribution >= 0.6 is 11.6 Å². The molecular formula is C20H18ClN5O2. The number of hydrogen-bond donors (Lipinski definition) is 3. The van der Waals surface area contributed by atoms with Gasteiger partial charge in [-0.3, -0.25) is 4.79 Å². The molecule has 2 heterocycles. The van der Waals surface area contributed by atoms with Crippen molar-refractivity contribution < 1.29 is 9.53 Å². The van der Waals surface area contributed by atoms with Gasteiger partial charge in [-0.2, -0.15) is 0 Å². The van der Waals surface area contributed by atoms with E-state index in [1.54, 1.807) is 13.3 Å². The van der Waals surface area contributed by atoms with E-state index in [1.165, 1.54) is 0 Å². The number of benzene rings is 1. The number of ether oxygens (including phenoxy) is 1.